The largest absolute Gasteiger partial charge is 0.478 e. The first-order valence-corrected chi connectivity index (χ1v) is 16.0. The number of alkyl halides is 3. The summed E-state index contributed by atoms with van der Waals surface area (Å²) in [4.78, 5) is 34.9. The normalized spacial score (nSPS) is 14.3. The van der Waals surface area contributed by atoms with Crippen LogP contribution in [0.25, 0.3) is 10.6 Å². The molecule has 47 heavy (non-hydrogen) atoms. The summed E-state index contributed by atoms with van der Waals surface area (Å²) < 4.78 is 58.5. The minimum atomic E-state index is -4.44. The topological polar surface area (TPSA) is 83.0 Å². The molecule has 12 heteroatoms. The minimum Gasteiger partial charge on any atom is -0.478 e. The number of ether oxygens (including phenoxy) is 1. The number of carbonyl (C=O) groups is 2. The average molecular weight is 670 g/mol. The molecule has 0 unspecified atom stereocenters. The van der Waals surface area contributed by atoms with Crippen LogP contribution in [0, 0.1) is 12.7 Å². The molecule has 0 atom stereocenters. The molecule has 0 aliphatic carbocycles. The number of carboxylic acids is 1. The van der Waals surface area contributed by atoms with Gasteiger partial charge in [-0.15, -0.1) is 11.3 Å². The van der Waals surface area contributed by atoms with Crippen molar-refractivity contribution in [3.8, 4) is 16.3 Å². The van der Waals surface area contributed by atoms with Crippen LogP contribution in [0.5, 0.6) is 5.75 Å². The first-order chi connectivity index (χ1) is 22.2. The van der Waals surface area contributed by atoms with Gasteiger partial charge in [-0.05, 0) is 87.4 Å². The third-order valence-corrected chi connectivity index (χ3v) is 9.34. The quantitative estimate of drug-likeness (QED) is 0.130. The number of aryl methyl sites for hydroxylation is 2. The van der Waals surface area contributed by atoms with Crippen molar-refractivity contribution in [1.82, 2.24) is 9.88 Å². The molecule has 1 aromatic heterocycles. The fraction of sp³-hybridized carbons (Fsp3) is 0.343. The molecule has 0 spiro atoms. The number of hydrogen-bond donors (Lipinski definition) is 1. The van der Waals surface area contributed by atoms with E-state index in [4.69, 9.17) is 9.72 Å². The molecule has 1 saturated heterocycles. The van der Waals surface area contributed by atoms with Crippen LogP contribution in [0.2, 0.25) is 0 Å². The Kier molecular flexibility index (Phi) is 10.0. The van der Waals surface area contributed by atoms with Gasteiger partial charge in [0, 0.05) is 60.8 Å². The number of Topliss-reactive ketones (excluding diaryl/α,β-unsaturated/α-hetero) is 1. The summed E-state index contributed by atoms with van der Waals surface area (Å²) in [7, 11) is 0. The van der Waals surface area contributed by atoms with Crippen molar-refractivity contribution in [1.29, 1.82) is 0 Å². The van der Waals surface area contributed by atoms with Crippen molar-refractivity contribution in [2.75, 3.05) is 31.1 Å². The molecular formula is C35H35F4N3O4S. The highest BCUT2D eigenvalue weighted by atomic mass is 32.1. The van der Waals surface area contributed by atoms with Gasteiger partial charge in [0.2, 0.25) is 0 Å². The number of carboxylic acid groups (broad SMARTS) is 1. The zero-order chi connectivity index (χ0) is 33.9. The van der Waals surface area contributed by atoms with Gasteiger partial charge < -0.3 is 14.7 Å². The van der Waals surface area contributed by atoms with Crippen molar-refractivity contribution in [3.05, 3.63) is 99.8 Å². The van der Waals surface area contributed by atoms with E-state index in [0.717, 1.165) is 54.6 Å². The monoisotopic (exact) mass is 669 g/mol. The summed E-state index contributed by atoms with van der Waals surface area (Å²) in [5.41, 5.74) is 1.23. The Morgan fingerprint density at radius 3 is 2.21 bits per heavy atom. The highest BCUT2D eigenvalue weighted by molar-refractivity contribution is 7.15. The summed E-state index contributed by atoms with van der Waals surface area (Å²) in [5, 5.41) is 9.96. The van der Waals surface area contributed by atoms with Crippen LogP contribution in [-0.2, 0) is 23.9 Å². The third kappa shape index (κ3) is 8.36. The van der Waals surface area contributed by atoms with Crippen LogP contribution < -0.4 is 9.64 Å². The SMILES string of the molecule is Cc1cc(C(=O)CCc2sc(-c3ccc(C(F)(F)F)cc3)nc2CN2CCN(c3ccc(F)cc3)CC2)ccc1OC(C)(C)C(=O)O. The number of hydrogen-bond acceptors (Lipinski definition) is 7. The molecular weight excluding hydrogens is 634 g/mol. The van der Waals surface area contributed by atoms with E-state index >= 15 is 0 Å². The first-order valence-electron chi connectivity index (χ1n) is 15.1. The molecule has 248 valence electrons. The fourth-order valence-corrected chi connectivity index (χ4v) is 6.36. The van der Waals surface area contributed by atoms with Gasteiger partial charge in [-0.2, -0.15) is 13.2 Å². The van der Waals surface area contributed by atoms with Crippen molar-refractivity contribution in [3.63, 3.8) is 0 Å². The zero-order valence-corrected chi connectivity index (χ0v) is 27.1. The molecule has 1 aliphatic heterocycles. The second-order valence-corrected chi connectivity index (χ2v) is 13.1. The van der Waals surface area contributed by atoms with Crippen LogP contribution >= 0.6 is 11.3 Å². The Morgan fingerprint density at radius 2 is 1.62 bits per heavy atom. The highest BCUT2D eigenvalue weighted by Gasteiger charge is 2.31. The Morgan fingerprint density at radius 1 is 0.957 bits per heavy atom. The van der Waals surface area contributed by atoms with Gasteiger partial charge in [0.15, 0.2) is 11.4 Å². The average Bonchev–Trinajstić information content (AvgIpc) is 3.43. The minimum absolute atomic E-state index is 0.111. The lowest BCUT2D eigenvalue weighted by atomic mass is 10.0. The lowest BCUT2D eigenvalue weighted by Gasteiger charge is -2.36. The van der Waals surface area contributed by atoms with Crippen LogP contribution in [0.15, 0.2) is 66.7 Å². The van der Waals surface area contributed by atoms with Gasteiger partial charge in [-0.1, -0.05) is 12.1 Å². The first kappa shape index (κ1) is 34.1. The molecule has 2 heterocycles. The van der Waals surface area contributed by atoms with Crippen LogP contribution in [-0.4, -0.2) is 58.5 Å². The number of aliphatic carboxylic acids is 1. The van der Waals surface area contributed by atoms with E-state index in [-0.39, 0.29) is 18.0 Å². The number of anilines is 1. The molecule has 1 aliphatic rings. The van der Waals surface area contributed by atoms with Gasteiger partial charge in [0.05, 0.1) is 11.3 Å². The van der Waals surface area contributed by atoms with Gasteiger partial charge >= 0.3 is 12.1 Å². The van der Waals surface area contributed by atoms with Crippen LogP contribution in [0.3, 0.4) is 0 Å². The van der Waals surface area contributed by atoms with E-state index in [1.807, 2.05) is 0 Å². The Bertz CT molecular complexity index is 1730. The number of piperazine rings is 1. The molecule has 1 fully saturated rings. The van der Waals surface area contributed by atoms with Crippen LogP contribution in [0.4, 0.5) is 23.2 Å². The molecule has 7 nitrogen and oxygen atoms in total. The number of nitrogens with zero attached hydrogens (tertiary/aromatic N) is 3. The summed E-state index contributed by atoms with van der Waals surface area (Å²) in [6, 6.07) is 16.2. The summed E-state index contributed by atoms with van der Waals surface area (Å²) in [6.45, 7) is 8.09. The number of thiazole rings is 1. The number of halogens is 4. The fourth-order valence-electron chi connectivity index (χ4n) is 5.28. The maximum atomic E-state index is 13.4. The van der Waals surface area contributed by atoms with Gasteiger partial charge in [-0.3, -0.25) is 9.69 Å². The molecule has 0 bridgehead atoms. The summed E-state index contributed by atoms with van der Waals surface area (Å²) in [6.07, 6.45) is -3.87. The van der Waals surface area contributed by atoms with E-state index in [2.05, 4.69) is 9.80 Å². The Labute approximate surface area is 274 Å². The van der Waals surface area contributed by atoms with E-state index in [1.54, 1.807) is 37.3 Å². The second-order valence-electron chi connectivity index (χ2n) is 12.0. The van der Waals surface area contributed by atoms with Gasteiger partial charge in [-0.25, -0.2) is 14.2 Å². The van der Waals surface area contributed by atoms with E-state index in [9.17, 15) is 32.3 Å². The van der Waals surface area contributed by atoms with Gasteiger partial charge in [0.25, 0.3) is 0 Å². The number of benzene rings is 3. The Hall–Kier alpha value is -4.29. The molecule has 0 radical (unpaired) electrons. The van der Waals surface area contributed by atoms with Gasteiger partial charge in [0.1, 0.15) is 16.6 Å². The van der Waals surface area contributed by atoms with Crippen molar-refractivity contribution >= 4 is 28.8 Å². The third-order valence-electron chi connectivity index (χ3n) is 8.13. The van der Waals surface area contributed by atoms with Crippen molar-refractivity contribution < 1.29 is 37.0 Å². The number of ketones is 1. The summed E-state index contributed by atoms with van der Waals surface area (Å²) >= 11 is 1.37. The standard InChI is InChI=1S/C35H35F4N3O4S/c1-22-20-24(6-14-30(22)46-34(2,3)33(44)45)29(43)13-15-31-28(40-32(47-31)23-4-7-25(8-5-23)35(37,38)39)21-41-16-18-42(19-17-41)27-11-9-26(36)10-12-27/h4-12,14,20H,13,15-19,21H2,1-3H3,(H,44,45). The maximum Gasteiger partial charge on any atom is 0.416 e. The lowest BCUT2D eigenvalue weighted by molar-refractivity contribution is -0.152. The predicted octanol–water partition coefficient (Wildman–Crippen LogP) is 7.66. The lowest BCUT2D eigenvalue weighted by Crippen LogP contribution is -2.46. The maximum absolute atomic E-state index is 13.4. The predicted molar refractivity (Wildman–Crippen MR) is 173 cm³/mol. The molecule has 0 amide bonds. The number of rotatable bonds is 11. The number of aromatic nitrogens is 1. The molecule has 0 saturated carbocycles. The molecule has 5 rings (SSSR count). The van der Waals surface area contributed by atoms with E-state index < -0.39 is 23.3 Å². The van der Waals surface area contributed by atoms with E-state index in [0.29, 0.717) is 40.4 Å². The highest BCUT2D eigenvalue weighted by Crippen LogP contribution is 2.34. The summed E-state index contributed by atoms with van der Waals surface area (Å²) in [5.74, 6) is -1.13. The second kappa shape index (κ2) is 13.8. The van der Waals surface area contributed by atoms with Crippen molar-refractivity contribution in [2.24, 2.45) is 0 Å². The van der Waals surface area contributed by atoms with Crippen molar-refractivity contribution in [2.45, 2.75) is 51.9 Å². The van der Waals surface area contributed by atoms with E-state index in [1.165, 1.54) is 49.4 Å². The molecule has 4 aromatic rings. The molecule has 1 N–H and O–H groups in total. The zero-order valence-electron chi connectivity index (χ0n) is 26.2. The smallest absolute Gasteiger partial charge is 0.416 e. The van der Waals surface area contributed by atoms with Crippen LogP contribution in [0.1, 0.15) is 52.3 Å². The molecule has 3 aromatic carbocycles. The number of carbonyl (C=O) groups excluding carboxylic acids is 1. The Balaban J connectivity index is 1.31.